The van der Waals surface area contributed by atoms with Gasteiger partial charge in [0.05, 0.1) is 26.7 Å². The van der Waals surface area contributed by atoms with Gasteiger partial charge in [0.1, 0.15) is 11.8 Å². The second-order valence-electron chi connectivity index (χ2n) is 6.98. The van der Waals surface area contributed by atoms with Crippen LogP contribution in [0, 0.1) is 19.3 Å². The highest BCUT2D eigenvalue weighted by Crippen LogP contribution is 2.29. The molecule has 2 aromatic rings. The van der Waals surface area contributed by atoms with Crippen LogP contribution in [0.15, 0.2) is 48.5 Å². The monoisotopic (exact) mass is 421 g/mol. The minimum Gasteiger partial charge on any atom is -0.496 e. The Kier molecular flexibility index (Phi) is 8.83. The molecule has 0 spiro atoms. The first-order valence-corrected chi connectivity index (χ1v) is 10.0. The first-order chi connectivity index (χ1) is 14.9. The quantitative estimate of drug-likeness (QED) is 0.433. The molecule has 6 heteroatoms. The topological polar surface area (TPSA) is 72.9 Å². The molecule has 0 N–H and O–H groups in total. The van der Waals surface area contributed by atoms with Gasteiger partial charge >= 0.3 is 5.97 Å². The zero-order valence-electron chi connectivity index (χ0n) is 18.1. The van der Waals surface area contributed by atoms with Gasteiger partial charge in [0.15, 0.2) is 5.78 Å². The molecule has 162 valence electrons. The Labute approximate surface area is 183 Å². The summed E-state index contributed by atoms with van der Waals surface area (Å²) in [6.45, 7) is 3.96. The van der Waals surface area contributed by atoms with E-state index in [4.69, 9.17) is 15.9 Å². The van der Waals surface area contributed by atoms with Crippen molar-refractivity contribution >= 4 is 17.7 Å². The fourth-order valence-electron chi connectivity index (χ4n) is 3.30. The number of hydrogen-bond donors (Lipinski definition) is 0. The fraction of sp³-hybridized carbons (Fsp3) is 0.320. The summed E-state index contributed by atoms with van der Waals surface area (Å²) in [6.07, 6.45) is 5.30. The van der Waals surface area contributed by atoms with E-state index in [1.165, 1.54) is 4.90 Å². The van der Waals surface area contributed by atoms with E-state index in [-0.39, 0.29) is 31.8 Å². The number of aryl methyl sites for hydroxylation is 1. The van der Waals surface area contributed by atoms with E-state index in [0.717, 1.165) is 11.1 Å². The molecule has 1 unspecified atom stereocenters. The summed E-state index contributed by atoms with van der Waals surface area (Å²) in [5.41, 5.74) is 2.34. The Bertz CT molecular complexity index is 962. The molecule has 0 saturated heterocycles. The molecule has 1 atom stereocenters. The van der Waals surface area contributed by atoms with Crippen molar-refractivity contribution in [3.8, 4) is 18.1 Å². The molecule has 1 amide bonds. The Hall–Kier alpha value is -3.59. The number of hydrogen-bond acceptors (Lipinski definition) is 5. The first kappa shape index (κ1) is 23.7. The third-order valence-corrected chi connectivity index (χ3v) is 4.78. The highest BCUT2D eigenvalue weighted by Gasteiger charge is 2.31. The van der Waals surface area contributed by atoms with Crippen LogP contribution in [0.1, 0.15) is 42.5 Å². The van der Waals surface area contributed by atoms with E-state index in [1.807, 2.05) is 31.2 Å². The standard InChI is InChI=1S/C25H27NO5/c1-5-23(28)26(17-20-13-12-18(3)16-22(20)30-4)25(19-10-8-7-9-11-19)21(27)14-15-24(29)31-6-2/h1,7-13,16,25H,6,14-15,17H2,2-4H3. The Morgan fingerprint density at radius 3 is 2.42 bits per heavy atom. The molecule has 2 aromatic carbocycles. The Morgan fingerprint density at radius 1 is 1.10 bits per heavy atom. The van der Waals surface area contributed by atoms with Gasteiger partial charge in [0.2, 0.25) is 0 Å². The molecule has 2 rings (SSSR count). The van der Waals surface area contributed by atoms with Crippen molar-refractivity contribution in [3.63, 3.8) is 0 Å². The predicted molar refractivity (Wildman–Crippen MR) is 117 cm³/mol. The van der Waals surface area contributed by atoms with E-state index in [9.17, 15) is 14.4 Å². The van der Waals surface area contributed by atoms with Gasteiger partial charge in [-0.2, -0.15) is 0 Å². The summed E-state index contributed by atoms with van der Waals surface area (Å²) in [5.74, 6) is 1.34. The summed E-state index contributed by atoms with van der Waals surface area (Å²) >= 11 is 0. The van der Waals surface area contributed by atoms with Gasteiger partial charge in [-0.1, -0.05) is 42.5 Å². The largest absolute Gasteiger partial charge is 0.496 e. The van der Waals surface area contributed by atoms with E-state index in [1.54, 1.807) is 38.3 Å². The predicted octanol–water partition coefficient (Wildman–Crippen LogP) is 3.62. The Morgan fingerprint density at radius 2 is 1.81 bits per heavy atom. The number of Topliss-reactive ketones (excluding diaryl/α,β-unsaturated/α-hetero) is 1. The van der Waals surface area contributed by atoms with Crippen LogP contribution in [-0.4, -0.2) is 36.3 Å². The minimum atomic E-state index is -0.940. The lowest BCUT2D eigenvalue weighted by molar-refractivity contribution is -0.145. The van der Waals surface area contributed by atoms with E-state index < -0.39 is 17.9 Å². The highest BCUT2D eigenvalue weighted by atomic mass is 16.5. The summed E-state index contributed by atoms with van der Waals surface area (Å²) in [5, 5.41) is 0. The maximum atomic E-state index is 13.2. The van der Waals surface area contributed by atoms with Crippen molar-refractivity contribution in [3.05, 3.63) is 65.2 Å². The van der Waals surface area contributed by atoms with Gasteiger partial charge in [-0.3, -0.25) is 14.4 Å². The molecular weight excluding hydrogens is 394 g/mol. The normalized spacial score (nSPS) is 11.2. The second kappa shape index (κ2) is 11.6. The molecule has 0 aliphatic rings. The molecule has 0 radical (unpaired) electrons. The highest BCUT2D eigenvalue weighted by molar-refractivity contribution is 5.98. The summed E-state index contributed by atoms with van der Waals surface area (Å²) < 4.78 is 10.4. The van der Waals surface area contributed by atoms with Gasteiger partial charge < -0.3 is 14.4 Å². The number of esters is 1. The van der Waals surface area contributed by atoms with Crippen LogP contribution in [0.3, 0.4) is 0 Å². The lowest BCUT2D eigenvalue weighted by atomic mass is 9.96. The maximum absolute atomic E-state index is 13.2. The molecule has 6 nitrogen and oxygen atoms in total. The molecular formula is C25H27NO5. The maximum Gasteiger partial charge on any atom is 0.306 e. The fourth-order valence-corrected chi connectivity index (χ4v) is 3.30. The third-order valence-electron chi connectivity index (χ3n) is 4.78. The van der Waals surface area contributed by atoms with Gasteiger partial charge in [0, 0.05) is 12.0 Å². The zero-order valence-corrected chi connectivity index (χ0v) is 18.1. The van der Waals surface area contributed by atoms with Gasteiger partial charge in [0.25, 0.3) is 5.91 Å². The molecule has 0 fully saturated rings. The summed E-state index contributed by atoms with van der Waals surface area (Å²) in [4.78, 5) is 39.1. The molecule has 0 aromatic heterocycles. The molecule has 0 aliphatic heterocycles. The number of benzene rings is 2. The van der Waals surface area contributed by atoms with E-state index in [0.29, 0.717) is 11.3 Å². The van der Waals surface area contributed by atoms with Crippen molar-refractivity contribution < 1.29 is 23.9 Å². The van der Waals surface area contributed by atoms with Gasteiger partial charge in [-0.25, -0.2) is 0 Å². The van der Waals surface area contributed by atoms with Crippen LogP contribution >= 0.6 is 0 Å². The molecule has 0 heterocycles. The van der Waals surface area contributed by atoms with Crippen molar-refractivity contribution in [2.24, 2.45) is 0 Å². The zero-order chi connectivity index (χ0) is 22.8. The number of nitrogens with zero attached hydrogens (tertiary/aromatic N) is 1. The number of amides is 1. The smallest absolute Gasteiger partial charge is 0.306 e. The van der Waals surface area contributed by atoms with E-state index >= 15 is 0 Å². The van der Waals surface area contributed by atoms with E-state index in [2.05, 4.69) is 5.92 Å². The van der Waals surface area contributed by atoms with Crippen LogP contribution < -0.4 is 4.74 Å². The summed E-state index contributed by atoms with van der Waals surface area (Å²) in [7, 11) is 1.55. The van der Waals surface area contributed by atoms with Crippen molar-refractivity contribution in [2.45, 2.75) is 39.3 Å². The van der Waals surface area contributed by atoms with Crippen LogP contribution in [0.4, 0.5) is 0 Å². The number of methoxy groups -OCH3 is 1. The lowest BCUT2D eigenvalue weighted by Crippen LogP contribution is -2.38. The summed E-state index contributed by atoms with van der Waals surface area (Å²) in [6, 6.07) is 13.6. The minimum absolute atomic E-state index is 0.0675. The molecule has 0 bridgehead atoms. The average molecular weight is 421 g/mol. The van der Waals surface area contributed by atoms with Crippen LogP contribution in [0.25, 0.3) is 0 Å². The SMILES string of the molecule is C#CC(=O)N(Cc1ccc(C)cc1OC)C(C(=O)CCC(=O)OCC)c1ccccc1. The van der Waals surface area contributed by atoms with Crippen LogP contribution in [0.2, 0.25) is 0 Å². The Balaban J connectivity index is 2.43. The first-order valence-electron chi connectivity index (χ1n) is 10.0. The van der Waals surface area contributed by atoms with Crippen molar-refractivity contribution in [1.82, 2.24) is 4.90 Å². The number of carbonyl (C=O) groups is 3. The lowest BCUT2D eigenvalue weighted by Gasteiger charge is -2.30. The van der Waals surface area contributed by atoms with Gasteiger partial charge in [-0.05, 0) is 37.0 Å². The number of ketones is 1. The second-order valence-corrected chi connectivity index (χ2v) is 6.98. The molecule has 0 aliphatic carbocycles. The third kappa shape index (κ3) is 6.45. The number of terminal acetylenes is 1. The van der Waals surface area contributed by atoms with Crippen molar-refractivity contribution in [2.75, 3.05) is 13.7 Å². The van der Waals surface area contributed by atoms with Crippen molar-refractivity contribution in [1.29, 1.82) is 0 Å². The van der Waals surface area contributed by atoms with Crippen LogP contribution in [0.5, 0.6) is 5.75 Å². The molecule has 0 saturated carbocycles. The number of carbonyl (C=O) groups excluding carboxylic acids is 3. The number of ether oxygens (including phenoxy) is 2. The number of rotatable bonds is 10. The van der Waals surface area contributed by atoms with Crippen LogP contribution in [-0.2, 0) is 25.7 Å². The van der Waals surface area contributed by atoms with Gasteiger partial charge in [-0.15, -0.1) is 6.42 Å². The average Bonchev–Trinajstić information content (AvgIpc) is 2.78. The molecule has 31 heavy (non-hydrogen) atoms.